The average molecular weight is 405 g/mol. The summed E-state index contributed by atoms with van der Waals surface area (Å²) in [5.74, 6) is 3.55. The van der Waals surface area contributed by atoms with E-state index in [4.69, 9.17) is 4.74 Å². The van der Waals surface area contributed by atoms with Gasteiger partial charge >= 0.3 is 5.97 Å². The zero-order chi connectivity index (χ0) is 21.0. The molecule has 0 unspecified atom stereocenters. The van der Waals surface area contributed by atoms with E-state index in [0.717, 1.165) is 19.3 Å². The van der Waals surface area contributed by atoms with E-state index >= 15 is 0 Å². The topological polar surface area (TPSA) is 63.6 Å². The normalized spacial score (nSPS) is 47.7. The summed E-state index contributed by atoms with van der Waals surface area (Å²) in [5.41, 5.74) is 0.455. The van der Waals surface area contributed by atoms with Gasteiger partial charge in [0.25, 0.3) is 0 Å². The Morgan fingerprint density at radius 1 is 1.14 bits per heavy atom. The van der Waals surface area contributed by atoms with Crippen LogP contribution in [0.3, 0.4) is 0 Å². The van der Waals surface area contributed by atoms with Crippen molar-refractivity contribution in [2.24, 2.45) is 46.3 Å². The molecule has 1 N–H and O–H groups in total. The molecule has 0 bridgehead atoms. The summed E-state index contributed by atoms with van der Waals surface area (Å²) in [7, 11) is 1.47. The zero-order valence-corrected chi connectivity index (χ0v) is 18.8. The van der Waals surface area contributed by atoms with Crippen LogP contribution in [0.2, 0.25) is 0 Å². The van der Waals surface area contributed by atoms with Crippen LogP contribution in [0.5, 0.6) is 0 Å². The maximum absolute atomic E-state index is 12.1. The third-order valence-electron chi connectivity index (χ3n) is 10.3. The summed E-state index contributed by atoms with van der Waals surface area (Å²) < 4.78 is 4.86. The number of Topliss-reactive ketones (excluding diaryl/α,β-unsaturated/α-hetero) is 1. The van der Waals surface area contributed by atoms with Crippen LogP contribution in [0.1, 0.15) is 85.0 Å². The predicted molar refractivity (Wildman–Crippen MR) is 112 cm³/mol. The second-order valence-corrected chi connectivity index (χ2v) is 11.4. The van der Waals surface area contributed by atoms with Gasteiger partial charge in [-0.15, -0.1) is 0 Å². The number of esters is 1. The first kappa shape index (κ1) is 21.3. The fourth-order valence-corrected chi connectivity index (χ4v) is 8.71. The van der Waals surface area contributed by atoms with Gasteiger partial charge in [0, 0.05) is 19.3 Å². The molecule has 4 aliphatic rings. The highest BCUT2D eigenvalue weighted by Crippen LogP contribution is 2.68. The Labute approximate surface area is 176 Å². The largest absolute Gasteiger partial charge is 0.469 e. The molecule has 0 spiro atoms. The van der Waals surface area contributed by atoms with Gasteiger partial charge in [0.05, 0.1) is 13.2 Å². The molecule has 0 aromatic rings. The Morgan fingerprint density at radius 3 is 2.59 bits per heavy atom. The van der Waals surface area contributed by atoms with Crippen molar-refractivity contribution in [1.82, 2.24) is 0 Å². The second kappa shape index (κ2) is 7.66. The molecule has 4 nitrogen and oxygen atoms in total. The number of rotatable bonds is 4. The van der Waals surface area contributed by atoms with Crippen LogP contribution < -0.4 is 0 Å². The van der Waals surface area contributed by atoms with Crippen molar-refractivity contribution in [2.45, 2.75) is 91.1 Å². The Morgan fingerprint density at radius 2 is 1.86 bits per heavy atom. The smallest absolute Gasteiger partial charge is 0.305 e. The Balaban J connectivity index is 1.52. The highest BCUT2D eigenvalue weighted by Gasteiger charge is 2.62. The van der Waals surface area contributed by atoms with Gasteiger partial charge in [-0.2, -0.15) is 0 Å². The lowest BCUT2D eigenvalue weighted by Crippen LogP contribution is -2.58. The molecule has 0 aromatic carbocycles. The quantitative estimate of drug-likeness (QED) is 0.685. The van der Waals surface area contributed by atoms with Crippen LogP contribution in [-0.4, -0.2) is 30.1 Å². The van der Waals surface area contributed by atoms with Gasteiger partial charge in [-0.3, -0.25) is 9.59 Å². The Bertz CT molecular complexity index is 659. The van der Waals surface area contributed by atoms with Crippen molar-refractivity contribution >= 4 is 11.8 Å². The minimum atomic E-state index is -0.316. The molecule has 0 heterocycles. The summed E-state index contributed by atoms with van der Waals surface area (Å²) in [5, 5.41) is 11.1. The molecular weight excluding hydrogens is 364 g/mol. The summed E-state index contributed by atoms with van der Waals surface area (Å²) in [6.07, 6.45) is 9.30. The van der Waals surface area contributed by atoms with Crippen LogP contribution in [0.15, 0.2) is 0 Å². The first-order valence-corrected chi connectivity index (χ1v) is 12.0. The third-order valence-corrected chi connectivity index (χ3v) is 10.3. The Hall–Kier alpha value is -0.900. The van der Waals surface area contributed by atoms with Crippen LogP contribution in [0, 0.1) is 46.3 Å². The third kappa shape index (κ3) is 3.38. The standard InChI is InChI=1S/C25H40O4/c1-15(5-8-23(28)29-4)18-6-7-19-17-14-22(27)21-13-16(26)9-11-25(21,3)20(17)10-12-24(18,19)2/h15,17-22,27H,5-14H2,1-4H3/t15-,17+,18-,19+,20+,21-,22-,24-,25-/m1/s1. The lowest BCUT2D eigenvalue weighted by atomic mass is 9.44. The van der Waals surface area contributed by atoms with Gasteiger partial charge in [0.2, 0.25) is 0 Å². The summed E-state index contributed by atoms with van der Waals surface area (Å²) in [6.45, 7) is 7.22. The van der Waals surface area contributed by atoms with E-state index in [1.807, 2.05) is 0 Å². The van der Waals surface area contributed by atoms with Crippen LogP contribution in [0.25, 0.3) is 0 Å². The molecule has 164 valence electrons. The number of ether oxygens (including phenoxy) is 1. The Kier molecular flexibility index (Phi) is 5.63. The molecule has 0 radical (unpaired) electrons. The van der Waals surface area contributed by atoms with E-state index < -0.39 is 0 Å². The van der Waals surface area contributed by atoms with E-state index in [1.165, 1.54) is 32.8 Å². The molecule has 9 atom stereocenters. The van der Waals surface area contributed by atoms with Gasteiger partial charge in [-0.05, 0) is 91.3 Å². The molecule has 0 amide bonds. The second-order valence-electron chi connectivity index (χ2n) is 11.4. The van der Waals surface area contributed by atoms with Crippen LogP contribution in [-0.2, 0) is 14.3 Å². The molecule has 4 aliphatic carbocycles. The molecule has 4 saturated carbocycles. The van der Waals surface area contributed by atoms with E-state index in [9.17, 15) is 14.7 Å². The number of hydrogen-bond donors (Lipinski definition) is 1. The number of carbonyl (C=O) groups is 2. The molecular formula is C25H40O4. The molecule has 4 rings (SSSR count). The molecule has 4 fully saturated rings. The molecule has 0 saturated heterocycles. The first-order valence-electron chi connectivity index (χ1n) is 12.0. The van der Waals surface area contributed by atoms with Gasteiger partial charge in [-0.1, -0.05) is 20.8 Å². The fraction of sp³-hybridized carbons (Fsp3) is 0.920. The summed E-state index contributed by atoms with van der Waals surface area (Å²) >= 11 is 0. The van der Waals surface area contributed by atoms with E-state index in [-0.39, 0.29) is 23.4 Å². The number of aliphatic hydroxyl groups is 1. The van der Waals surface area contributed by atoms with Gasteiger partial charge < -0.3 is 9.84 Å². The number of fused-ring (bicyclic) bond motifs is 5. The van der Waals surface area contributed by atoms with E-state index in [0.29, 0.717) is 60.1 Å². The fourth-order valence-electron chi connectivity index (χ4n) is 8.71. The number of ketones is 1. The molecule has 0 aliphatic heterocycles. The van der Waals surface area contributed by atoms with Gasteiger partial charge in [0.1, 0.15) is 5.78 Å². The molecule has 4 heteroatoms. The number of aliphatic hydroxyl groups excluding tert-OH is 1. The lowest BCUT2D eigenvalue weighted by molar-refractivity contribution is -0.166. The van der Waals surface area contributed by atoms with Crippen molar-refractivity contribution < 1.29 is 19.4 Å². The predicted octanol–water partition coefficient (Wildman–Crippen LogP) is 4.77. The van der Waals surface area contributed by atoms with Crippen molar-refractivity contribution in [3.8, 4) is 0 Å². The zero-order valence-electron chi connectivity index (χ0n) is 18.8. The van der Waals surface area contributed by atoms with Crippen molar-refractivity contribution in [3.63, 3.8) is 0 Å². The van der Waals surface area contributed by atoms with Crippen LogP contribution in [0.4, 0.5) is 0 Å². The van der Waals surface area contributed by atoms with E-state index in [2.05, 4.69) is 20.8 Å². The van der Waals surface area contributed by atoms with E-state index in [1.54, 1.807) is 0 Å². The average Bonchev–Trinajstić information content (AvgIpc) is 3.05. The highest BCUT2D eigenvalue weighted by atomic mass is 16.5. The molecule has 0 aromatic heterocycles. The van der Waals surface area contributed by atoms with Crippen molar-refractivity contribution in [2.75, 3.05) is 7.11 Å². The summed E-state index contributed by atoms with van der Waals surface area (Å²) in [4.78, 5) is 23.7. The molecule has 29 heavy (non-hydrogen) atoms. The highest BCUT2D eigenvalue weighted by molar-refractivity contribution is 5.79. The maximum atomic E-state index is 12.1. The number of methoxy groups -OCH3 is 1. The minimum absolute atomic E-state index is 0.0959. The van der Waals surface area contributed by atoms with Crippen LogP contribution >= 0.6 is 0 Å². The SMILES string of the molecule is COC(=O)CC[C@@H](C)[C@H]1CC[C@H]2[C@@H]3C[C@@H](O)[C@H]4CC(=O)CC[C@]4(C)[C@H]3CC[C@]12C. The number of hydrogen-bond acceptors (Lipinski definition) is 4. The van der Waals surface area contributed by atoms with Gasteiger partial charge in [-0.25, -0.2) is 0 Å². The van der Waals surface area contributed by atoms with Crippen molar-refractivity contribution in [1.29, 1.82) is 0 Å². The maximum Gasteiger partial charge on any atom is 0.305 e. The lowest BCUT2D eigenvalue weighted by Gasteiger charge is -2.61. The minimum Gasteiger partial charge on any atom is -0.469 e. The number of carbonyl (C=O) groups excluding carboxylic acids is 2. The monoisotopic (exact) mass is 404 g/mol. The van der Waals surface area contributed by atoms with Gasteiger partial charge in [0.15, 0.2) is 0 Å². The first-order chi connectivity index (χ1) is 13.7. The summed E-state index contributed by atoms with van der Waals surface area (Å²) in [6, 6.07) is 0. The van der Waals surface area contributed by atoms with Crippen molar-refractivity contribution in [3.05, 3.63) is 0 Å².